The molecular formula is C18H29ClNO3+. The number of aliphatic hydroxyl groups excluding tert-OH is 1. The number of hydrogen-bond acceptors (Lipinski definition) is 3. The highest BCUT2D eigenvalue weighted by atomic mass is 35.5. The Balaban J connectivity index is 1.56. The number of nitrogens with one attached hydrogen (secondary N) is 1. The molecule has 1 aromatic carbocycles. The summed E-state index contributed by atoms with van der Waals surface area (Å²) in [6.45, 7) is 8.99. The Kier molecular flexibility index (Phi) is 7.63. The molecule has 0 radical (unpaired) electrons. The lowest BCUT2D eigenvalue weighted by Gasteiger charge is -2.33. The monoisotopic (exact) mass is 342 g/mol. The summed E-state index contributed by atoms with van der Waals surface area (Å²) in [6.07, 6.45) is 0.899. The van der Waals surface area contributed by atoms with Crippen LogP contribution in [0.5, 0.6) is 5.75 Å². The highest BCUT2D eigenvalue weighted by Gasteiger charge is 2.26. The number of hydrogen-bond donors (Lipinski definition) is 2. The summed E-state index contributed by atoms with van der Waals surface area (Å²) >= 11 is 5.82. The number of piperidine rings is 1. The maximum atomic E-state index is 10.1. The van der Waals surface area contributed by atoms with Gasteiger partial charge in [-0.25, -0.2) is 0 Å². The first kappa shape index (κ1) is 18.5. The van der Waals surface area contributed by atoms with E-state index in [1.165, 1.54) is 11.3 Å². The van der Waals surface area contributed by atoms with E-state index in [2.05, 4.69) is 13.8 Å². The van der Waals surface area contributed by atoms with Crippen LogP contribution >= 0.6 is 11.6 Å². The molecule has 0 saturated carbocycles. The third kappa shape index (κ3) is 7.08. The number of rotatable bonds is 8. The molecule has 1 aromatic rings. The third-order valence-electron chi connectivity index (χ3n) is 4.22. The van der Waals surface area contributed by atoms with Gasteiger partial charge in [0.1, 0.15) is 25.0 Å². The first-order valence-corrected chi connectivity index (χ1v) is 8.88. The number of quaternary nitrogens is 1. The van der Waals surface area contributed by atoms with Crippen molar-refractivity contribution in [1.82, 2.24) is 0 Å². The fourth-order valence-corrected chi connectivity index (χ4v) is 3.58. The standard InChI is InChI=1S/C18H28ClNO3/c1-14-9-15(2)11-20(10-14)12-17(21)13-22-7-8-23-18-5-3-16(19)4-6-18/h3-6,14-15,17,21H,7-13H2,1-2H3/p+1/t14-,15-,17+/m1/s1. The van der Waals surface area contributed by atoms with Crippen LogP contribution in [0, 0.1) is 11.8 Å². The molecule has 0 amide bonds. The molecule has 0 aliphatic carbocycles. The van der Waals surface area contributed by atoms with Crippen LogP contribution in [0.15, 0.2) is 24.3 Å². The van der Waals surface area contributed by atoms with Gasteiger partial charge in [-0.2, -0.15) is 0 Å². The van der Waals surface area contributed by atoms with Crippen LogP contribution < -0.4 is 9.64 Å². The molecular weight excluding hydrogens is 314 g/mol. The average molecular weight is 343 g/mol. The Morgan fingerprint density at radius 1 is 1.17 bits per heavy atom. The Hall–Kier alpha value is -0.810. The zero-order chi connectivity index (χ0) is 16.7. The fraction of sp³-hybridized carbons (Fsp3) is 0.667. The van der Waals surface area contributed by atoms with Crippen LogP contribution in [0.3, 0.4) is 0 Å². The van der Waals surface area contributed by atoms with E-state index in [0.29, 0.717) is 24.8 Å². The molecule has 1 aliphatic heterocycles. The lowest BCUT2D eigenvalue weighted by molar-refractivity contribution is -0.915. The topological polar surface area (TPSA) is 43.1 Å². The van der Waals surface area contributed by atoms with Crippen LogP contribution in [0.4, 0.5) is 0 Å². The first-order valence-electron chi connectivity index (χ1n) is 8.50. The molecule has 2 N–H and O–H groups in total. The molecule has 0 unspecified atom stereocenters. The van der Waals surface area contributed by atoms with Crippen LogP contribution in [0.1, 0.15) is 20.3 Å². The van der Waals surface area contributed by atoms with Gasteiger partial charge in [-0.05, 0) is 30.7 Å². The van der Waals surface area contributed by atoms with E-state index in [1.54, 1.807) is 12.1 Å². The van der Waals surface area contributed by atoms with Gasteiger partial charge >= 0.3 is 0 Å². The molecule has 130 valence electrons. The van der Waals surface area contributed by atoms with Gasteiger partial charge in [-0.1, -0.05) is 25.4 Å². The summed E-state index contributed by atoms with van der Waals surface area (Å²) in [5, 5.41) is 10.8. The lowest BCUT2D eigenvalue weighted by Crippen LogP contribution is -3.15. The number of halogens is 1. The van der Waals surface area contributed by atoms with Gasteiger partial charge in [0.15, 0.2) is 0 Å². The maximum Gasteiger partial charge on any atom is 0.126 e. The van der Waals surface area contributed by atoms with E-state index in [0.717, 1.165) is 37.2 Å². The molecule has 1 heterocycles. The highest BCUT2D eigenvalue weighted by Crippen LogP contribution is 2.15. The summed E-state index contributed by atoms with van der Waals surface area (Å²) < 4.78 is 11.1. The Bertz CT molecular complexity index is 444. The second kappa shape index (κ2) is 9.48. The van der Waals surface area contributed by atoms with Gasteiger partial charge in [0.05, 0.1) is 26.3 Å². The van der Waals surface area contributed by atoms with Gasteiger partial charge in [0.2, 0.25) is 0 Å². The van der Waals surface area contributed by atoms with E-state index in [-0.39, 0.29) is 0 Å². The van der Waals surface area contributed by atoms with Gasteiger partial charge in [-0.15, -0.1) is 0 Å². The van der Waals surface area contributed by atoms with Crippen molar-refractivity contribution in [1.29, 1.82) is 0 Å². The van der Waals surface area contributed by atoms with Crippen LogP contribution in [-0.4, -0.2) is 50.7 Å². The molecule has 23 heavy (non-hydrogen) atoms. The number of ether oxygens (including phenoxy) is 2. The van der Waals surface area contributed by atoms with Crippen LogP contribution in [0.2, 0.25) is 5.02 Å². The number of benzene rings is 1. The number of aliphatic hydroxyl groups is 1. The van der Waals surface area contributed by atoms with Crippen molar-refractivity contribution in [3.8, 4) is 5.75 Å². The fourth-order valence-electron chi connectivity index (χ4n) is 3.45. The van der Waals surface area contributed by atoms with Crippen molar-refractivity contribution >= 4 is 11.6 Å². The molecule has 0 spiro atoms. The smallest absolute Gasteiger partial charge is 0.126 e. The third-order valence-corrected chi connectivity index (χ3v) is 4.48. The van der Waals surface area contributed by atoms with Gasteiger partial charge in [0, 0.05) is 16.9 Å². The molecule has 1 saturated heterocycles. The normalized spacial score (nSPS) is 26.0. The van der Waals surface area contributed by atoms with E-state index in [4.69, 9.17) is 21.1 Å². The van der Waals surface area contributed by atoms with Gasteiger partial charge in [0.25, 0.3) is 0 Å². The first-order chi connectivity index (χ1) is 11.0. The lowest BCUT2D eigenvalue weighted by atomic mass is 9.92. The van der Waals surface area contributed by atoms with Crippen molar-refractivity contribution in [2.45, 2.75) is 26.4 Å². The summed E-state index contributed by atoms with van der Waals surface area (Å²) in [5.74, 6) is 2.27. The zero-order valence-corrected chi connectivity index (χ0v) is 14.9. The SMILES string of the molecule is C[C@@H]1C[C@@H](C)C[NH+](C[C@H](O)COCCOc2ccc(Cl)cc2)C1. The Morgan fingerprint density at radius 3 is 2.48 bits per heavy atom. The second-order valence-corrected chi connectivity index (χ2v) is 7.28. The number of likely N-dealkylation sites (tertiary alicyclic amines) is 1. The van der Waals surface area contributed by atoms with Crippen molar-refractivity contribution in [2.75, 3.05) is 39.5 Å². The van der Waals surface area contributed by atoms with E-state index in [1.807, 2.05) is 12.1 Å². The second-order valence-electron chi connectivity index (χ2n) is 6.84. The minimum absolute atomic E-state index is 0.371. The summed E-state index contributed by atoms with van der Waals surface area (Å²) in [7, 11) is 0. The molecule has 0 aromatic heterocycles. The minimum Gasteiger partial charge on any atom is -0.491 e. The molecule has 5 heteroatoms. The largest absolute Gasteiger partial charge is 0.491 e. The Morgan fingerprint density at radius 2 is 1.83 bits per heavy atom. The quantitative estimate of drug-likeness (QED) is 0.706. The molecule has 1 aliphatic rings. The van der Waals surface area contributed by atoms with Crippen molar-refractivity contribution < 1.29 is 19.5 Å². The molecule has 3 atom stereocenters. The predicted molar refractivity (Wildman–Crippen MR) is 92.3 cm³/mol. The van der Waals surface area contributed by atoms with Crippen LogP contribution in [-0.2, 0) is 4.74 Å². The molecule has 4 nitrogen and oxygen atoms in total. The average Bonchev–Trinajstić information content (AvgIpc) is 2.47. The molecule has 0 bridgehead atoms. The summed E-state index contributed by atoms with van der Waals surface area (Å²) in [4.78, 5) is 1.49. The van der Waals surface area contributed by atoms with Crippen molar-refractivity contribution in [3.63, 3.8) is 0 Å². The van der Waals surface area contributed by atoms with E-state index >= 15 is 0 Å². The van der Waals surface area contributed by atoms with Crippen LogP contribution in [0.25, 0.3) is 0 Å². The Labute approximate surface area is 144 Å². The van der Waals surface area contributed by atoms with Gasteiger partial charge in [-0.3, -0.25) is 0 Å². The van der Waals surface area contributed by atoms with E-state index in [9.17, 15) is 5.11 Å². The zero-order valence-electron chi connectivity index (χ0n) is 14.1. The van der Waals surface area contributed by atoms with E-state index < -0.39 is 6.10 Å². The van der Waals surface area contributed by atoms with Gasteiger partial charge < -0.3 is 19.5 Å². The predicted octanol–water partition coefficient (Wildman–Crippen LogP) is 1.66. The molecule has 1 fully saturated rings. The highest BCUT2D eigenvalue weighted by molar-refractivity contribution is 6.30. The molecule has 2 rings (SSSR count). The minimum atomic E-state index is -0.405. The van der Waals surface area contributed by atoms with Crippen molar-refractivity contribution in [3.05, 3.63) is 29.3 Å². The summed E-state index contributed by atoms with van der Waals surface area (Å²) in [6, 6.07) is 7.26. The van der Waals surface area contributed by atoms with Crippen molar-refractivity contribution in [2.24, 2.45) is 11.8 Å². The maximum absolute atomic E-state index is 10.1. The summed E-state index contributed by atoms with van der Waals surface area (Å²) in [5.41, 5.74) is 0.